The first-order valence-electron chi connectivity index (χ1n) is 5.24. The lowest BCUT2D eigenvalue weighted by Gasteiger charge is -2.12. The maximum atomic E-state index is 13.6. The maximum Gasteiger partial charge on any atom is 0.163 e. The highest BCUT2D eigenvalue weighted by Gasteiger charge is 2.16. The Morgan fingerprint density at radius 1 is 1.00 bits per heavy atom. The van der Waals surface area contributed by atoms with E-state index >= 15 is 0 Å². The monoisotopic (exact) mass is 296 g/mol. The van der Waals surface area contributed by atoms with Crippen LogP contribution < -0.4 is 0 Å². The summed E-state index contributed by atoms with van der Waals surface area (Å²) in [4.78, 5) is -0.334. The van der Waals surface area contributed by atoms with Gasteiger partial charge < -0.3 is 0 Å². The van der Waals surface area contributed by atoms with Crippen molar-refractivity contribution in [2.24, 2.45) is 0 Å². The molecular weight excluding hydrogens is 286 g/mol. The molecule has 0 aliphatic heterocycles. The topological polar surface area (TPSA) is 0 Å². The molecule has 0 fully saturated rings. The predicted molar refractivity (Wildman–Crippen MR) is 68.3 cm³/mol. The number of halogens is 3. The van der Waals surface area contributed by atoms with Gasteiger partial charge in [0.25, 0.3) is 0 Å². The van der Waals surface area contributed by atoms with E-state index in [1.807, 2.05) is 31.2 Å². The Hall–Kier alpha value is -1.22. The summed E-state index contributed by atoms with van der Waals surface area (Å²) in [5, 5.41) is 0. The molecule has 2 aromatic carbocycles. The van der Waals surface area contributed by atoms with Crippen LogP contribution in [0.2, 0.25) is 0 Å². The van der Waals surface area contributed by atoms with Crippen LogP contribution in [0.25, 0.3) is 0 Å². The Morgan fingerprint density at radius 2 is 1.65 bits per heavy atom. The summed E-state index contributed by atoms with van der Waals surface area (Å²) in [7, 11) is 0. The van der Waals surface area contributed by atoms with Gasteiger partial charge in [0, 0.05) is 5.56 Å². The summed E-state index contributed by atoms with van der Waals surface area (Å²) in [5.74, 6) is -1.62. The Labute approximate surface area is 107 Å². The molecule has 0 saturated heterocycles. The fraction of sp³-hybridized carbons (Fsp3) is 0.143. The van der Waals surface area contributed by atoms with E-state index < -0.39 is 11.6 Å². The van der Waals surface area contributed by atoms with E-state index in [-0.39, 0.29) is 4.83 Å². The molecule has 0 amide bonds. The fourth-order valence-electron chi connectivity index (χ4n) is 1.63. The molecule has 2 rings (SSSR count). The van der Waals surface area contributed by atoms with Crippen LogP contribution >= 0.6 is 15.9 Å². The Morgan fingerprint density at radius 3 is 2.29 bits per heavy atom. The second-order valence-corrected chi connectivity index (χ2v) is 4.83. The molecule has 0 radical (unpaired) electrons. The first-order chi connectivity index (χ1) is 8.09. The zero-order valence-corrected chi connectivity index (χ0v) is 10.8. The Bertz CT molecular complexity index is 520. The van der Waals surface area contributed by atoms with E-state index in [1.54, 1.807) is 6.07 Å². The summed E-state index contributed by atoms with van der Waals surface area (Å²) < 4.78 is 26.7. The Kier molecular flexibility index (Phi) is 3.57. The summed E-state index contributed by atoms with van der Waals surface area (Å²) in [6.07, 6.45) is 0. The average molecular weight is 297 g/mol. The number of hydrogen-bond donors (Lipinski definition) is 0. The van der Waals surface area contributed by atoms with Crippen LogP contribution in [0, 0.1) is 18.6 Å². The van der Waals surface area contributed by atoms with Crippen molar-refractivity contribution in [1.29, 1.82) is 0 Å². The third kappa shape index (κ3) is 2.55. The molecule has 1 unspecified atom stereocenters. The van der Waals surface area contributed by atoms with E-state index in [9.17, 15) is 8.78 Å². The van der Waals surface area contributed by atoms with Crippen molar-refractivity contribution in [2.45, 2.75) is 11.8 Å². The van der Waals surface area contributed by atoms with Gasteiger partial charge in [0.1, 0.15) is 0 Å². The quantitative estimate of drug-likeness (QED) is 0.701. The minimum Gasteiger partial charge on any atom is -0.204 e. The first-order valence-corrected chi connectivity index (χ1v) is 6.15. The van der Waals surface area contributed by atoms with E-state index in [0.29, 0.717) is 5.56 Å². The molecular formula is C14H11BrF2. The van der Waals surface area contributed by atoms with Crippen molar-refractivity contribution in [3.05, 3.63) is 70.8 Å². The van der Waals surface area contributed by atoms with E-state index in [0.717, 1.165) is 17.2 Å². The molecule has 0 heterocycles. The van der Waals surface area contributed by atoms with E-state index in [2.05, 4.69) is 15.9 Å². The minimum absolute atomic E-state index is 0.314. The van der Waals surface area contributed by atoms with Crippen molar-refractivity contribution < 1.29 is 8.78 Å². The van der Waals surface area contributed by atoms with Gasteiger partial charge in [0.2, 0.25) is 0 Å². The molecule has 0 N–H and O–H groups in total. The predicted octanol–water partition coefficient (Wildman–Crippen LogP) is 4.76. The van der Waals surface area contributed by atoms with Crippen molar-refractivity contribution in [3.63, 3.8) is 0 Å². The van der Waals surface area contributed by atoms with Gasteiger partial charge in [-0.15, -0.1) is 0 Å². The molecule has 1 atom stereocenters. The van der Waals surface area contributed by atoms with Gasteiger partial charge in [0.05, 0.1) is 4.83 Å². The highest BCUT2D eigenvalue weighted by atomic mass is 79.9. The van der Waals surface area contributed by atoms with Crippen molar-refractivity contribution in [3.8, 4) is 0 Å². The number of rotatable bonds is 2. The van der Waals surface area contributed by atoms with E-state index in [4.69, 9.17) is 0 Å². The molecule has 17 heavy (non-hydrogen) atoms. The number of hydrogen-bond acceptors (Lipinski definition) is 0. The highest BCUT2D eigenvalue weighted by molar-refractivity contribution is 9.09. The molecule has 0 spiro atoms. The van der Waals surface area contributed by atoms with Crippen LogP contribution in [0.1, 0.15) is 21.5 Å². The molecule has 0 aromatic heterocycles. The first kappa shape index (κ1) is 12.2. The second-order valence-electron chi connectivity index (χ2n) is 3.92. The molecule has 0 aliphatic carbocycles. The maximum absolute atomic E-state index is 13.6. The standard InChI is InChI=1S/C14H11BrF2/c1-9-5-7-10(8-6-9)13(15)11-3-2-4-12(16)14(11)17/h2-8,13H,1H3. The molecule has 3 heteroatoms. The van der Waals surface area contributed by atoms with Gasteiger partial charge >= 0.3 is 0 Å². The molecule has 0 saturated carbocycles. The largest absolute Gasteiger partial charge is 0.204 e. The lowest BCUT2D eigenvalue weighted by molar-refractivity contribution is 0.500. The Balaban J connectivity index is 2.40. The zero-order valence-electron chi connectivity index (χ0n) is 9.25. The average Bonchev–Trinajstić information content (AvgIpc) is 2.33. The molecule has 2 aromatic rings. The van der Waals surface area contributed by atoms with Gasteiger partial charge in [-0.1, -0.05) is 57.9 Å². The van der Waals surface area contributed by atoms with Crippen LogP contribution in [-0.4, -0.2) is 0 Å². The van der Waals surface area contributed by atoms with Crippen LogP contribution in [0.4, 0.5) is 8.78 Å². The van der Waals surface area contributed by atoms with Gasteiger partial charge in [-0.2, -0.15) is 0 Å². The highest BCUT2D eigenvalue weighted by Crippen LogP contribution is 2.33. The van der Waals surface area contributed by atoms with Gasteiger partial charge in [-0.25, -0.2) is 8.78 Å². The number of aryl methyl sites for hydroxylation is 1. The van der Waals surface area contributed by atoms with Crippen molar-refractivity contribution in [1.82, 2.24) is 0 Å². The van der Waals surface area contributed by atoms with Crippen LogP contribution in [-0.2, 0) is 0 Å². The van der Waals surface area contributed by atoms with Gasteiger partial charge in [0.15, 0.2) is 11.6 Å². The molecule has 0 nitrogen and oxygen atoms in total. The fourth-order valence-corrected chi connectivity index (χ4v) is 2.29. The lowest BCUT2D eigenvalue weighted by atomic mass is 10.0. The van der Waals surface area contributed by atoms with Gasteiger partial charge in [-0.3, -0.25) is 0 Å². The summed E-state index contributed by atoms with van der Waals surface area (Å²) in [6, 6.07) is 11.9. The molecule has 88 valence electrons. The second kappa shape index (κ2) is 4.96. The minimum atomic E-state index is -0.820. The smallest absolute Gasteiger partial charge is 0.163 e. The van der Waals surface area contributed by atoms with Crippen LogP contribution in [0.5, 0.6) is 0 Å². The van der Waals surface area contributed by atoms with Crippen LogP contribution in [0.3, 0.4) is 0 Å². The van der Waals surface area contributed by atoms with Crippen molar-refractivity contribution >= 4 is 15.9 Å². The number of alkyl halides is 1. The number of benzene rings is 2. The molecule has 0 aliphatic rings. The molecule has 0 bridgehead atoms. The van der Waals surface area contributed by atoms with Crippen LogP contribution in [0.15, 0.2) is 42.5 Å². The zero-order chi connectivity index (χ0) is 12.4. The summed E-state index contributed by atoms with van der Waals surface area (Å²) in [5.41, 5.74) is 2.35. The van der Waals surface area contributed by atoms with Gasteiger partial charge in [-0.05, 0) is 18.6 Å². The third-order valence-electron chi connectivity index (χ3n) is 2.62. The third-order valence-corrected chi connectivity index (χ3v) is 3.65. The summed E-state index contributed by atoms with van der Waals surface area (Å²) in [6.45, 7) is 1.98. The van der Waals surface area contributed by atoms with Crippen molar-refractivity contribution in [2.75, 3.05) is 0 Å². The SMILES string of the molecule is Cc1ccc(C(Br)c2cccc(F)c2F)cc1. The van der Waals surface area contributed by atoms with E-state index in [1.165, 1.54) is 6.07 Å². The lowest BCUT2D eigenvalue weighted by Crippen LogP contribution is -1.98. The summed E-state index contributed by atoms with van der Waals surface area (Å²) >= 11 is 3.40. The normalized spacial score (nSPS) is 12.5.